The maximum absolute atomic E-state index is 11.0. The van der Waals surface area contributed by atoms with Crippen molar-refractivity contribution in [2.45, 2.75) is 20.0 Å². The molecular formula is C9H14O7. The molecule has 0 aliphatic carbocycles. The first-order chi connectivity index (χ1) is 7.61. The fourth-order valence-electron chi connectivity index (χ4n) is 0.690. The summed E-state index contributed by atoms with van der Waals surface area (Å²) in [5, 5.41) is 0. The second-order valence-electron chi connectivity index (χ2n) is 2.60. The largest absolute Gasteiger partial charge is 0.464 e. The second kappa shape index (κ2) is 8.66. The minimum Gasteiger partial charge on any atom is -0.464 e. The van der Waals surface area contributed by atoms with E-state index in [9.17, 15) is 14.4 Å². The lowest BCUT2D eigenvalue weighted by atomic mass is 10.4. The molecule has 7 heteroatoms. The number of rotatable bonds is 8. The van der Waals surface area contributed by atoms with Crippen molar-refractivity contribution in [2.75, 3.05) is 20.0 Å². The Labute approximate surface area is 92.6 Å². The van der Waals surface area contributed by atoms with Crippen LogP contribution in [0.15, 0.2) is 0 Å². The average Bonchev–Trinajstić information content (AvgIpc) is 2.26. The van der Waals surface area contributed by atoms with E-state index in [1.807, 2.05) is 0 Å². The predicted octanol–water partition coefficient (Wildman–Crippen LogP) is -0.372. The van der Waals surface area contributed by atoms with Gasteiger partial charge in [-0.15, -0.1) is 0 Å². The fourth-order valence-corrected chi connectivity index (χ4v) is 0.690. The Bertz CT molecular complexity index is 238. The molecule has 1 atom stereocenters. The van der Waals surface area contributed by atoms with Gasteiger partial charge in [0.05, 0.1) is 6.61 Å². The molecule has 0 saturated carbocycles. The van der Waals surface area contributed by atoms with Gasteiger partial charge in [-0.05, 0) is 13.8 Å². The van der Waals surface area contributed by atoms with Gasteiger partial charge in [0.25, 0.3) is 6.47 Å². The van der Waals surface area contributed by atoms with Crippen molar-refractivity contribution in [1.29, 1.82) is 0 Å². The second-order valence-corrected chi connectivity index (χ2v) is 2.60. The maximum atomic E-state index is 11.0. The van der Waals surface area contributed by atoms with Crippen LogP contribution in [0.4, 0.5) is 0 Å². The molecule has 0 bridgehead atoms. The third kappa shape index (κ3) is 6.77. The summed E-state index contributed by atoms with van der Waals surface area (Å²) in [6, 6.07) is 0. The first-order valence-electron chi connectivity index (χ1n) is 4.60. The van der Waals surface area contributed by atoms with E-state index in [1.165, 1.54) is 6.92 Å². The molecule has 16 heavy (non-hydrogen) atoms. The third-order valence-corrected chi connectivity index (χ3v) is 1.43. The molecule has 0 N–H and O–H groups in total. The quantitative estimate of drug-likeness (QED) is 0.245. The number of ether oxygens (including phenoxy) is 4. The molecule has 0 aromatic heterocycles. The Kier molecular flexibility index (Phi) is 7.78. The summed E-state index contributed by atoms with van der Waals surface area (Å²) in [7, 11) is 0. The zero-order chi connectivity index (χ0) is 12.4. The Morgan fingerprint density at radius 1 is 1.31 bits per heavy atom. The molecule has 0 fully saturated rings. The van der Waals surface area contributed by atoms with E-state index >= 15 is 0 Å². The van der Waals surface area contributed by atoms with Crippen molar-refractivity contribution < 1.29 is 33.3 Å². The van der Waals surface area contributed by atoms with Gasteiger partial charge < -0.3 is 18.9 Å². The van der Waals surface area contributed by atoms with Gasteiger partial charge in [0.2, 0.25) is 6.79 Å². The summed E-state index contributed by atoms with van der Waals surface area (Å²) in [6.07, 6.45) is -0.848. The van der Waals surface area contributed by atoms with Crippen molar-refractivity contribution >= 4 is 18.4 Å². The van der Waals surface area contributed by atoms with Crippen LogP contribution in [-0.2, 0) is 33.3 Å². The van der Waals surface area contributed by atoms with Gasteiger partial charge in [-0.2, -0.15) is 0 Å². The number of esters is 2. The van der Waals surface area contributed by atoms with Crippen molar-refractivity contribution in [1.82, 2.24) is 0 Å². The number of hydrogen-bond donors (Lipinski definition) is 0. The van der Waals surface area contributed by atoms with Gasteiger partial charge in [-0.1, -0.05) is 0 Å². The van der Waals surface area contributed by atoms with Crippen LogP contribution in [-0.4, -0.2) is 44.5 Å². The smallest absolute Gasteiger partial charge is 0.334 e. The normalized spacial score (nSPS) is 11.4. The molecule has 0 rings (SSSR count). The number of carbonyl (C=O) groups is 3. The number of hydrogen-bond acceptors (Lipinski definition) is 7. The topological polar surface area (TPSA) is 88.1 Å². The zero-order valence-corrected chi connectivity index (χ0v) is 9.13. The van der Waals surface area contributed by atoms with Crippen LogP contribution < -0.4 is 0 Å². The van der Waals surface area contributed by atoms with Crippen LogP contribution in [0.2, 0.25) is 0 Å². The highest BCUT2D eigenvalue weighted by molar-refractivity contribution is 5.75. The first kappa shape index (κ1) is 14.4. The molecule has 0 aliphatic heterocycles. The third-order valence-electron chi connectivity index (χ3n) is 1.43. The van der Waals surface area contributed by atoms with Crippen molar-refractivity contribution in [3.63, 3.8) is 0 Å². The Balaban J connectivity index is 3.65. The average molecular weight is 234 g/mol. The Morgan fingerprint density at radius 2 is 2.00 bits per heavy atom. The molecule has 0 spiro atoms. The monoisotopic (exact) mass is 234 g/mol. The van der Waals surface area contributed by atoms with Crippen molar-refractivity contribution in [3.05, 3.63) is 0 Å². The zero-order valence-electron chi connectivity index (χ0n) is 9.13. The Hall–Kier alpha value is -1.63. The van der Waals surface area contributed by atoms with Crippen LogP contribution in [0.5, 0.6) is 0 Å². The van der Waals surface area contributed by atoms with E-state index in [2.05, 4.69) is 14.2 Å². The molecule has 0 aromatic rings. The SMILES string of the molecule is CCOC(=O)C(C)OCC(=O)OCOC=O. The molecule has 0 amide bonds. The molecule has 0 heterocycles. The summed E-state index contributed by atoms with van der Waals surface area (Å²) in [6.45, 7) is 2.62. The van der Waals surface area contributed by atoms with Crippen LogP contribution in [0, 0.1) is 0 Å². The molecule has 0 saturated heterocycles. The molecule has 92 valence electrons. The van der Waals surface area contributed by atoms with Crippen LogP contribution in [0.25, 0.3) is 0 Å². The van der Waals surface area contributed by atoms with Crippen LogP contribution >= 0.6 is 0 Å². The van der Waals surface area contributed by atoms with Gasteiger partial charge in [0, 0.05) is 0 Å². The molecule has 7 nitrogen and oxygen atoms in total. The van der Waals surface area contributed by atoms with E-state index in [-0.39, 0.29) is 13.1 Å². The van der Waals surface area contributed by atoms with Gasteiger partial charge in [-0.3, -0.25) is 4.79 Å². The van der Waals surface area contributed by atoms with E-state index in [4.69, 9.17) is 4.74 Å². The van der Waals surface area contributed by atoms with Crippen molar-refractivity contribution in [3.8, 4) is 0 Å². The molecular weight excluding hydrogens is 220 g/mol. The van der Waals surface area contributed by atoms with E-state index < -0.39 is 31.4 Å². The molecule has 1 unspecified atom stereocenters. The van der Waals surface area contributed by atoms with Gasteiger partial charge >= 0.3 is 11.9 Å². The lowest BCUT2D eigenvalue weighted by molar-refractivity contribution is -0.169. The first-order valence-corrected chi connectivity index (χ1v) is 4.60. The highest BCUT2D eigenvalue weighted by Gasteiger charge is 2.16. The molecule has 0 radical (unpaired) electrons. The maximum Gasteiger partial charge on any atom is 0.334 e. The lowest BCUT2D eigenvalue weighted by Crippen LogP contribution is -2.27. The minimum atomic E-state index is -0.848. The van der Waals surface area contributed by atoms with E-state index in [0.29, 0.717) is 0 Å². The highest BCUT2D eigenvalue weighted by atomic mass is 16.7. The summed E-state index contributed by atoms with van der Waals surface area (Å²) in [5.41, 5.74) is 0. The van der Waals surface area contributed by atoms with Crippen molar-refractivity contribution in [2.24, 2.45) is 0 Å². The fraction of sp³-hybridized carbons (Fsp3) is 0.667. The summed E-state index contributed by atoms with van der Waals surface area (Å²) in [5.74, 6) is -1.29. The summed E-state index contributed by atoms with van der Waals surface area (Å²) < 4.78 is 18.0. The van der Waals surface area contributed by atoms with Crippen LogP contribution in [0.3, 0.4) is 0 Å². The summed E-state index contributed by atoms with van der Waals surface area (Å²) in [4.78, 5) is 31.7. The van der Waals surface area contributed by atoms with Gasteiger partial charge in [0.1, 0.15) is 6.61 Å². The van der Waals surface area contributed by atoms with Crippen LogP contribution in [0.1, 0.15) is 13.8 Å². The van der Waals surface area contributed by atoms with Gasteiger partial charge in [0.15, 0.2) is 6.10 Å². The van der Waals surface area contributed by atoms with Gasteiger partial charge in [-0.25, -0.2) is 9.59 Å². The number of carbonyl (C=O) groups excluding carboxylic acids is 3. The van der Waals surface area contributed by atoms with E-state index in [0.717, 1.165) is 0 Å². The van der Waals surface area contributed by atoms with E-state index in [1.54, 1.807) is 6.92 Å². The summed E-state index contributed by atoms with van der Waals surface area (Å²) >= 11 is 0. The molecule has 0 aliphatic rings. The highest BCUT2D eigenvalue weighted by Crippen LogP contribution is 1.95. The predicted molar refractivity (Wildman–Crippen MR) is 50.2 cm³/mol. The minimum absolute atomic E-state index is 0.148. The Morgan fingerprint density at radius 3 is 2.56 bits per heavy atom. The standard InChI is InChI=1S/C9H14O7/c1-3-14-9(12)7(2)15-4-8(11)16-6-13-5-10/h5,7H,3-4,6H2,1-2H3. The molecule has 0 aromatic carbocycles. The lowest BCUT2D eigenvalue weighted by Gasteiger charge is -2.10.